The van der Waals surface area contributed by atoms with Crippen molar-refractivity contribution in [1.82, 2.24) is 9.97 Å². The number of aliphatic hydroxyl groups excluding tert-OH is 1. The lowest BCUT2D eigenvalue weighted by Crippen LogP contribution is -2.02. The SMILES string of the molecule is Cc1cc(Nc2ccc(OCCO)cc2)nc(-c2cccc([N+](=O)[O-])c2)n1. The maximum absolute atomic E-state index is 11.0. The highest BCUT2D eigenvalue weighted by molar-refractivity contribution is 5.64. The number of rotatable bonds is 7. The molecule has 0 unspecified atom stereocenters. The minimum Gasteiger partial charge on any atom is -0.491 e. The van der Waals surface area contributed by atoms with Crippen molar-refractivity contribution in [2.24, 2.45) is 0 Å². The Kier molecular flexibility index (Phi) is 5.58. The zero-order chi connectivity index (χ0) is 19.2. The predicted molar refractivity (Wildman–Crippen MR) is 101 cm³/mol. The van der Waals surface area contributed by atoms with Gasteiger partial charge in [-0.05, 0) is 31.2 Å². The Balaban J connectivity index is 1.83. The zero-order valence-electron chi connectivity index (χ0n) is 14.6. The molecule has 0 spiro atoms. The van der Waals surface area contributed by atoms with E-state index in [0.29, 0.717) is 23.0 Å². The van der Waals surface area contributed by atoms with Crippen molar-refractivity contribution in [1.29, 1.82) is 0 Å². The van der Waals surface area contributed by atoms with Gasteiger partial charge in [0.25, 0.3) is 5.69 Å². The second-order valence-electron chi connectivity index (χ2n) is 5.75. The highest BCUT2D eigenvalue weighted by Gasteiger charge is 2.11. The Labute approximate surface area is 155 Å². The van der Waals surface area contributed by atoms with Gasteiger partial charge in [-0.25, -0.2) is 9.97 Å². The highest BCUT2D eigenvalue weighted by atomic mass is 16.6. The number of nitrogens with zero attached hydrogens (tertiary/aromatic N) is 3. The zero-order valence-corrected chi connectivity index (χ0v) is 14.6. The molecular formula is C19H18N4O4. The van der Waals surface area contributed by atoms with Crippen LogP contribution in [-0.4, -0.2) is 33.2 Å². The van der Waals surface area contributed by atoms with Gasteiger partial charge in [0.15, 0.2) is 5.82 Å². The van der Waals surface area contributed by atoms with Gasteiger partial charge in [-0.3, -0.25) is 10.1 Å². The highest BCUT2D eigenvalue weighted by Crippen LogP contribution is 2.24. The molecule has 0 amide bonds. The number of ether oxygens (including phenoxy) is 1. The first-order valence-electron chi connectivity index (χ1n) is 8.26. The molecule has 0 saturated carbocycles. The minimum atomic E-state index is -0.446. The van der Waals surface area contributed by atoms with E-state index in [0.717, 1.165) is 11.4 Å². The normalized spacial score (nSPS) is 10.4. The lowest BCUT2D eigenvalue weighted by atomic mass is 10.2. The van der Waals surface area contributed by atoms with Crippen LogP contribution in [0.5, 0.6) is 5.75 Å². The van der Waals surface area contributed by atoms with E-state index >= 15 is 0 Å². The topological polar surface area (TPSA) is 110 Å². The summed E-state index contributed by atoms with van der Waals surface area (Å²) in [5, 5.41) is 22.9. The van der Waals surface area contributed by atoms with Gasteiger partial charge in [0.2, 0.25) is 0 Å². The molecule has 1 aromatic heterocycles. The van der Waals surface area contributed by atoms with Crippen LogP contribution in [0.2, 0.25) is 0 Å². The Bertz CT molecular complexity index is 945. The average molecular weight is 366 g/mol. The van der Waals surface area contributed by atoms with E-state index in [2.05, 4.69) is 15.3 Å². The van der Waals surface area contributed by atoms with E-state index in [-0.39, 0.29) is 18.9 Å². The second kappa shape index (κ2) is 8.24. The molecule has 3 aromatic rings. The molecule has 27 heavy (non-hydrogen) atoms. The van der Waals surface area contributed by atoms with E-state index < -0.39 is 4.92 Å². The summed E-state index contributed by atoms with van der Waals surface area (Å²) in [6.07, 6.45) is 0. The van der Waals surface area contributed by atoms with Crippen molar-refractivity contribution < 1.29 is 14.8 Å². The first-order chi connectivity index (χ1) is 13.0. The molecule has 0 bridgehead atoms. The Hall–Kier alpha value is -3.52. The third kappa shape index (κ3) is 4.77. The van der Waals surface area contributed by atoms with E-state index in [1.807, 2.05) is 19.1 Å². The molecule has 0 radical (unpaired) electrons. The fourth-order valence-corrected chi connectivity index (χ4v) is 2.47. The summed E-state index contributed by atoms with van der Waals surface area (Å²) >= 11 is 0. The molecular weight excluding hydrogens is 348 g/mol. The molecule has 3 rings (SSSR count). The van der Waals surface area contributed by atoms with Crippen LogP contribution in [0, 0.1) is 17.0 Å². The van der Waals surface area contributed by atoms with Crippen LogP contribution in [0.3, 0.4) is 0 Å². The Morgan fingerprint density at radius 1 is 1.15 bits per heavy atom. The number of hydrogen-bond acceptors (Lipinski definition) is 7. The predicted octanol–water partition coefficient (Wildman–Crippen LogP) is 3.47. The van der Waals surface area contributed by atoms with E-state index in [1.165, 1.54) is 12.1 Å². The number of anilines is 2. The Morgan fingerprint density at radius 3 is 2.63 bits per heavy atom. The van der Waals surface area contributed by atoms with Gasteiger partial charge >= 0.3 is 0 Å². The molecule has 0 aliphatic heterocycles. The number of non-ortho nitro benzene ring substituents is 1. The molecule has 0 atom stereocenters. The summed E-state index contributed by atoms with van der Waals surface area (Å²) < 4.78 is 5.33. The summed E-state index contributed by atoms with van der Waals surface area (Å²) in [6.45, 7) is 2.03. The third-order valence-corrected chi connectivity index (χ3v) is 3.66. The van der Waals surface area contributed by atoms with E-state index in [1.54, 1.807) is 30.3 Å². The van der Waals surface area contributed by atoms with Crippen molar-refractivity contribution in [2.45, 2.75) is 6.92 Å². The maximum Gasteiger partial charge on any atom is 0.270 e. The lowest BCUT2D eigenvalue weighted by Gasteiger charge is -2.10. The molecule has 2 aromatic carbocycles. The van der Waals surface area contributed by atoms with E-state index in [9.17, 15) is 10.1 Å². The smallest absolute Gasteiger partial charge is 0.270 e. The van der Waals surface area contributed by atoms with Gasteiger partial charge in [0.05, 0.1) is 11.5 Å². The quantitative estimate of drug-likeness (QED) is 0.486. The number of nitro groups is 1. The van der Waals surface area contributed by atoms with Crippen molar-refractivity contribution in [3.05, 3.63) is 70.4 Å². The number of hydrogen-bond donors (Lipinski definition) is 2. The molecule has 138 valence electrons. The summed E-state index contributed by atoms with van der Waals surface area (Å²) in [4.78, 5) is 19.4. The fraction of sp³-hybridized carbons (Fsp3) is 0.158. The minimum absolute atomic E-state index is 0.00872. The maximum atomic E-state index is 11.0. The standard InChI is InChI=1S/C19H18N4O4/c1-13-11-18(21-15-5-7-17(8-6-15)27-10-9-24)22-19(20-13)14-3-2-4-16(12-14)23(25)26/h2-8,11-12,24H,9-10H2,1H3,(H,20,21,22). The number of nitro benzene ring substituents is 1. The van der Waals surface area contributed by atoms with Gasteiger partial charge in [-0.1, -0.05) is 12.1 Å². The number of aryl methyl sites for hydroxylation is 1. The number of aromatic nitrogens is 2. The van der Waals surface area contributed by atoms with Crippen molar-refractivity contribution in [3.63, 3.8) is 0 Å². The van der Waals surface area contributed by atoms with Crippen molar-refractivity contribution in [3.8, 4) is 17.1 Å². The molecule has 8 nitrogen and oxygen atoms in total. The average Bonchev–Trinajstić information content (AvgIpc) is 2.67. The van der Waals surface area contributed by atoms with Crippen LogP contribution in [0.15, 0.2) is 54.6 Å². The monoisotopic (exact) mass is 366 g/mol. The molecule has 0 fully saturated rings. The molecule has 1 heterocycles. The van der Waals surface area contributed by atoms with Gasteiger partial charge in [-0.2, -0.15) is 0 Å². The van der Waals surface area contributed by atoms with E-state index in [4.69, 9.17) is 9.84 Å². The van der Waals surface area contributed by atoms with Gasteiger partial charge in [0, 0.05) is 35.1 Å². The molecule has 0 aliphatic rings. The van der Waals surface area contributed by atoms with Crippen molar-refractivity contribution in [2.75, 3.05) is 18.5 Å². The van der Waals surface area contributed by atoms with Crippen LogP contribution < -0.4 is 10.1 Å². The van der Waals surface area contributed by atoms with Crippen LogP contribution >= 0.6 is 0 Å². The van der Waals surface area contributed by atoms with Crippen LogP contribution in [-0.2, 0) is 0 Å². The number of aliphatic hydroxyl groups is 1. The first kappa shape index (κ1) is 18.3. The molecule has 2 N–H and O–H groups in total. The molecule has 8 heteroatoms. The third-order valence-electron chi connectivity index (χ3n) is 3.66. The van der Waals surface area contributed by atoms with Crippen LogP contribution in [0.4, 0.5) is 17.2 Å². The summed E-state index contributed by atoms with van der Waals surface area (Å²) in [5.74, 6) is 1.64. The summed E-state index contributed by atoms with van der Waals surface area (Å²) in [7, 11) is 0. The fourth-order valence-electron chi connectivity index (χ4n) is 2.47. The first-order valence-corrected chi connectivity index (χ1v) is 8.26. The lowest BCUT2D eigenvalue weighted by molar-refractivity contribution is -0.384. The summed E-state index contributed by atoms with van der Waals surface area (Å²) in [6, 6.07) is 15.2. The van der Waals surface area contributed by atoms with Crippen LogP contribution in [0.1, 0.15) is 5.69 Å². The molecule has 0 aliphatic carbocycles. The van der Waals surface area contributed by atoms with Gasteiger partial charge in [0.1, 0.15) is 18.2 Å². The van der Waals surface area contributed by atoms with Crippen LogP contribution in [0.25, 0.3) is 11.4 Å². The van der Waals surface area contributed by atoms with Gasteiger partial charge < -0.3 is 15.2 Å². The second-order valence-corrected chi connectivity index (χ2v) is 5.75. The van der Waals surface area contributed by atoms with Gasteiger partial charge in [-0.15, -0.1) is 0 Å². The number of benzene rings is 2. The number of nitrogens with one attached hydrogen (secondary N) is 1. The van der Waals surface area contributed by atoms with Crippen molar-refractivity contribution >= 4 is 17.2 Å². The largest absolute Gasteiger partial charge is 0.491 e. The Morgan fingerprint density at radius 2 is 1.93 bits per heavy atom. The molecule has 0 saturated heterocycles. The summed E-state index contributed by atoms with van der Waals surface area (Å²) in [5.41, 5.74) is 2.10.